The number of benzene rings is 1. The van der Waals surface area contributed by atoms with Gasteiger partial charge < -0.3 is 15.0 Å². The zero-order valence-corrected chi connectivity index (χ0v) is 11.0. The van der Waals surface area contributed by atoms with Crippen LogP contribution in [0.5, 0.6) is 0 Å². The minimum atomic E-state index is -0.298. The lowest BCUT2D eigenvalue weighted by Crippen LogP contribution is -2.38. The number of H-pyrrole nitrogens is 1. The van der Waals surface area contributed by atoms with Gasteiger partial charge in [0, 0.05) is 29.7 Å². The summed E-state index contributed by atoms with van der Waals surface area (Å²) in [6.45, 7) is 0.184. The lowest BCUT2D eigenvalue weighted by molar-refractivity contribution is 0.0706. The molecule has 1 aliphatic carbocycles. The lowest BCUT2D eigenvalue weighted by atomic mass is 10.1. The summed E-state index contributed by atoms with van der Waals surface area (Å²) in [5.74, 6) is -0.298. The molecule has 5 heteroatoms. The molecule has 2 N–H and O–H groups in total. The molecule has 0 aliphatic heterocycles. The number of aliphatic hydroxyl groups excluding tert-OH is 1. The first-order valence-electron chi connectivity index (χ1n) is 6.74. The number of aliphatic hydroxyl groups is 1. The summed E-state index contributed by atoms with van der Waals surface area (Å²) >= 11 is 0. The number of nitrogens with zero attached hydrogens (tertiary/aromatic N) is 1. The normalized spacial score (nSPS) is 14.4. The van der Waals surface area contributed by atoms with Crippen LogP contribution in [0.1, 0.15) is 23.2 Å². The van der Waals surface area contributed by atoms with Crippen LogP contribution in [0.15, 0.2) is 35.3 Å². The second-order valence-electron chi connectivity index (χ2n) is 5.03. The van der Waals surface area contributed by atoms with Crippen LogP contribution >= 0.6 is 0 Å². The van der Waals surface area contributed by atoms with Crippen LogP contribution in [0.2, 0.25) is 0 Å². The number of amides is 1. The van der Waals surface area contributed by atoms with Crippen molar-refractivity contribution in [2.45, 2.75) is 18.9 Å². The predicted octanol–water partition coefficient (Wildman–Crippen LogP) is 1.12. The zero-order chi connectivity index (χ0) is 14.1. The Balaban J connectivity index is 2.02. The zero-order valence-electron chi connectivity index (χ0n) is 11.0. The number of hydrogen-bond acceptors (Lipinski definition) is 3. The van der Waals surface area contributed by atoms with E-state index in [1.165, 1.54) is 6.20 Å². The van der Waals surface area contributed by atoms with Crippen LogP contribution in [-0.4, -0.2) is 40.1 Å². The maximum absolute atomic E-state index is 12.5. The summed E-state index contributed by atoms with van der Waals surface area (Å²) in [7, 11) is 0. The SMILES string of the molecule is O=C(c1c[nH]c2ccccc2c1=O)N(CCO)C1CC1. The van der Waals surface area contributed by atoms with Crippen LogP contribution in [0.25, 0.3) is 10.9 Å². The molecule has 0 bridgehead atoms. The molecule has 1 aromatic heterocycles. The highest BCUT2D eigenvalue weighted by atomic mass is 16.3. The lowest BCUT2D eigenvalue weighted by Gasteiger charge is -2.21. The molecule has 20 heavy (non-hydrogen) atoms. The van der Waals surface area contributed by atoms with E-state index >= 15 is 0 Å². The average Bonchev–Trinajstić information content (AvgIpc) is 3.29. The summed E-state index contributed by atoms with van der Waals surface area (Å²) in [5, 5.41) is 9.58. The van der Waals surface area contributed by atoms with Gasteiger partial charge >= 0.3 is 0 Å². The molecule has 104 valence electrons. The standard InChI is InChI=1S/C15H16N2O3/c18-8-7-17(10-5-6-10)15(20)12-9-16-13-4-2-1-3-11(13)14(12)19/h1-4,9-10,18H,5-8H2,(H,16,19). The van der Waals surface area contributed by atoms with E-state index in [-0.39, 0.29) is 36.1 Å². The van der Waals surface area contributed by atoms with Crippen molar-refractivity contribution in [3.8, 4) is 0 Å². The third-order valence-corrected chi connectivity index (χ3v) is 3.61. The number of hydrogen-bond donors (Lipinski definition) is 2. The van der Waals surface area contributed by atoms with Crippen molar-refractivity contribution in [3.05, 3.63) is 46.2 Å². The van der Waals surface area contributed by atoms with Crippen molar-refractivity contribution in [2.24, 2.45) is 0 Å². The van der Waals surface area contributed by atoms with Gasteiger partial charge in [-0.3, -0.25) is 9.59 Å². The summed E-state index contributed by atoms with van der Waals surface area (Å²) in [6.07, 6.45) is 3.36. The van der Waals surface area contributed by atoms with Crippen molar-refractivity contribution >= 4 is 16.8 Å². The van der Waals surface area contributed by atoms with Gasteiger partial charge in [-0.1, -0.05) is 12.1 Å². The molecule has 2 aromatic rings. The smallest absolute Gasteiger partial charge is 0.259 e. The molecule has 3 rings (SSSR count). The van der Waals surface area contributed by atoms with E-state index < -0.39 is 0 Å². The van der Waals surface area contributed by atoms with Gasteiger partial charge in [-0.2, -0.15) is 0 Å². The minimum absolute atomic E-state index is 0.0896. The number of fused-ring (bicyclic) bond motifs is 1. The second-order valence-corrected chi connectivity index (χ2v) is 5.03. The topological polar surface area (TPSA) is 73.4 Å². The number of aromatic nitrogens is 1. The molecule has 1 amide bonds. The Morgan fingerprint density at radius 2 is 2.10 bits per heavy atom. The van der Waals surface area contributed by atoms with Crippen LogP contribution in [0, 0.1) is 0 Å². The third kappa shape index (κ3) is 2.20. The van der Waals surface area contributed by atoms with E-state index in [0.717, 1.165) is 12.8 Å². The van der Waals surface area contributed by atoms with E-state index in [4.69, 9.17) is 5.11 Å². The average molecular weight is 272 g/mol. The van der Waals surface area contributed by atoms with E-state index in [0.29, 0.717) is 10.9 Å². The Morgan fingerprint density at radius 1 is 1.35 bits per heavy atom. The first-order chi connectivity index (χ1) is 9.72. The van der Waals surface area contributed by atoms with Gasteiger partial charge in [0.1, 0.15) is 5.56 Å². The van der Waals surface area contributed by atoms with Gasteiger partial charge in [0.2, 0.25) is 5.43 Å². The van der Waals surface area contributed by atoms with Crippen molar-refractivity contribution in [1.29, 1.82) is 0 Å². The van der Waals surface area contributed by atoms with Crippen LogP contribution in [0.3, 0.4) is 0 Å². The highest BCUT2D eigenvalue weighted by molar-refractivity contribution is 5.97. The van der Waals surface area contributed by atoms with Gasteiger partial charge in [0.05, 0.1) is 6.61 Å². The van der Waals surface area contributed by atoms with Gasteiger partial charge in [0.25, 0.3) is 5.91 Å². The summed E-state index contributed by atoms with van der Waals surface area (Å²) < 4.78 is 0. The summed E-state index contributed by atoms with van der Waals surface area (Å²) in [5.41, 5.74) is 0.603. The van der Waals surface area contributed by atoms with E-state index in [1.54, 1.807) is 23.1 Å². The van der Waals surface area contributed by atoms with Gasteiger partial charge in [-0.25, -0.2) is 0 Å². The molecular weight excluding hydrogens is 256 g/mol. The molecule has 0 unspecified atom stereocenters. The number of pyridine rings is 1. The van der Waals surface area contributed by atoms with Gasteiger partial charge in [0.15, 0.2) is 0 Å². The molecular formula is C15H16N2O3. The fourth-order valence-corrected chi connectivity index (χ4v) is 2.42. The van der Waals surface area contributed by atoms with Crippen molar-refractivity contribution in [2.75, 3.05) is 13.2 Å². The first kappa shape index (κ1) is 12.9. The van der Waals surface area contributed by atoms with E-state index in [1.807, 2.05) is 6.07 Å². The minimum Gasteiger partial charge on any atom is -0.395 e. The Labute approximate surface area is 115 Å². The van der Waals surface area contributed by atoms with Crippen molar-refractivity contribution < 1.29 is 9.90 Å². The largest absolute Gasteiger partial charge is 0.395 e. The highest BCUT2D eigenvalue weighted by Crippen LogP contribution is 2.27. The number of aromatic amines is 1. The number of nitrogens with one attached hydrogen (secondary N) is 1. The number of carbonyl (C=O) groups is 1. The Morgan fingerprint density at radius 3 is 2.80 bits per heavy atom. The van der Waals surface area contributed by atoms with Gasteiger partial charge in [-0.05, 0) is 25.0 Å². The third-order valence-electron chi connectivity index (χ3n) is 3.61. The molecule has 0 radical (unpaired) electrons. The highest BCUT2D eigenvalue weighted by Gasteiger charge is 2.33. The number of carbonyl (C=O) groups excluding carboxylic acids is 1. The monoisotopic (exact) mass is 272 g/mol. The number of para-hydroxylation sites is 1. The fraction of sp³-hybridized carbons (Fsp3) is 0.333. The molecule has 1 heterocycles. The van der Waals surface area contributed by atoms with Crippen LogP contribution < -0.4 is 5.43 Å². The fourth-order valence-electron chi connectivity index (χ4n) is 2.42. The van der Waals surface area contributed by atoms with Crippen molar-refractivity contribution in [3.63, 3.8) is 0 Å². The Kier molecular flexibility index (Phi) is 3.28. The Bertz CT molecular complexity index is 704. The quantitative estimate of drug-likeness (QED) is 0.876. The molecule has 0 saturated heterocycles. The van der Waals surface area contributed by atoms with Crippen LogP contribution in [-0.2, 0) is 0 Å². The maximum atomic E-state index is 12.5. The molecule has 1 saturated carbocycles. The van der Waals surface area contributed by atoms with Gasteiger partial charge in [-0.15, -0.1) is 0 Å². The molecule has 1 aliphatic rings. The summed E-state index contributed by atoms with van der Waals surface area (Å²) in [6, 6.07) is 7.29. The van der Waals surface area contributed by atoms with Crippen LogP contribution in [0.4, 0.5) is 0 Å². The maximum Gasteiger partial charge on any atom is 0.259 e. The van der Waals surface area contributed by atoms with Crippen molar-refractivity contribution in [1.82, 2.24) is 9.88 Å². The van der Waals surface area contributed by atoms with E-state index in [2.05, 4.69) is 4.98 Å². The summed E-state index contributed by atoms with van der Waals surface area (Å²) in [4.78, 5) is 29.5. The van der Waals surface area contributed by atoms with E-state index in [9.17, 15) is 9.59 Å². The molecule has 0 atom stereocenters. The Hall–Kier alpha value is -2.14. The predicted molar refractivity (Wildman–Crippen MR) is 75.7 cm³/mol. The second kappa shape index (κ2) is 5.09. The molecule has 1 aromatic carbocycles. The molecule has 0 spiro atoms. The first-order valence-corrected chi connectivity index (χ1v) is 6.74. The molecule has 5 nitrogen and oxygen atoms in total. The molecule has 1 fully saturated rings. The number of rotatable bonds is 4.